The van der Waals surface area contributed by atoms with Gasteiger partial charge in [0.25, 0.3) is 0 Å². The Morgan fingerprint density at radius 3 is 2.44 bits per heavy atom. The van der Waals surface area contributed by atoms with Gasteiger partial charge in [0, 0.05) is 12.0 Å². The second-order valence-electron chi connectivity index (χ2n) is 3.83. The van der Waals surface area contributed by atoms with Gasteiger partial charge in [0.1, 0.15) is 0 Å². The topological polar surface area (TPSA) is 36.9 Å². The van der Waals surface area contributed by atoms with E-state index in [-0.39, 0.29) is 6.29 Å². The van der Waals surface area contributed by atoms with Gasteiger partial charge in [-0.15, -0.1) is 0 Å². The lowest BCUT2D eigenvalue weighted by molar-refractivity contribution is -0.0442. The SMILES string of the molecule is c1cc2c(cc1C1OCCO1)OCCCO2. The first-order valence-corrected chi connectivity index (χ1v) is 5.56. The molecule has 2 aliphatic heterocycles. The molecular weight excluding hydrogens is 208 g/mol. The van der Waals surface area contributed by atoms with E-state index in [0.29, 0.717) is 26.4 Å². The Bertz CT molecular complexity index is 371. The van der Waals surface area contributed by atoms with Crippen LogP contribution in [0.1, 0.15) is 18.3 Å². The van der Waals surface area contributed by atoms with Gasteiger partial charge in [0.15, 0.2) is 17.8 Å². The van der Waals surface area contributed by atoms with Crippen molar-refractivity contribution in [1.82, 2.24) is 0 Å². The summed E-state index contributed by atoms with van der Waals surface area (Å²) in [6, 6.07) is 5.82. The molecule has 0 radical (unpaired) electrons. The lowest BCUT2D eigenvalue weighted by Crippen LogP contribution is -1.99. The first kappa shape index (κ1) is 9.93. The van der Waals surface area contributed by atoms with E-state index < -0.39 is 0 Å². The van der Waals surface area contributed by atoms with Gasteiger partial charge in [-0.2, -0.15) is 0 Å². The monoisotopic (exact) mass is 222 g/mol. The average molecular weight is 222 g/mol. The quantitative estimate of drug-likeness (QED) is 0.727. The molecule has 0 N–H and O–H groups in total. The van der Waals surface area contributed by atoms with Crippen LogP contribution < -0.4 is 9.47 Å². The highest BCUT2D eigenvalue weighted by Crippen LogP contribution is 2.34. The van der Waals surface area contributed by atoms with Crippen molar-refractivity contribution < 1.29 is 18.9 Å². The van der Waals surface area contributed by atoms with Crippen molar-refractivity contribution in [2.75, 3.05) is 26.4 Å². The molecule has 2 aliphatic rings. The van der Waals surface area contributed by atoms with Crippen LogP contribution in [0.5, 0.6) is 11.5 Å². The third-order valence-corrected chi connectivity index (χ3v) is 2.67. The van der Waals surface area contributed by atoms with Crippen LogP contribution >= 0.6 is 0 Å². The van der Waals surface area contributed by atoms with Gasteiger partial charge in [-0.1, -0.05) is 6.07 Å². The third kappa shape index (κ3) is 1.86. The summed E-state index contributed by atoms with van der Waals surface area (Å²) in [5.74, 6) is 1.59. The van der Waals surface area contributed by atoms with E-state index in [1.165, 1.54) is 0 Å². The lowest BCUT2D eigenvalue weighted by atomic mass is 10.2. The standard InChI is InChI=1S/C12H14O4/c1-4-13-10-3-2-9(8-11(10)14-5-1)12-15-6-7-16-12/h2-3,8,12H,1,4-7H2. The second-order valence-corrected chi connectivity index (χ2v) is 3.83. The molecule has 0 aromatic heterocycles. The molecule has 1 aromatic rings. The van der Waals surface area contributed by atoms with Crippen LogP contribution in [0, 0.1) is 0 Å². The fourth-order valence-corrected chi connectivity index (χ4v) is 1.88. The Morgan fingerprint density at radius 1 is 0.875 bits per heavy atom. The zero-order valence-corrected chi connectivity index (χ0v) is 8.98. The Morgan fingerprint density at radius 2 is 1.62 bits per heavy atom. The molecule has 0 spiro atoms. The van der Waals surface area contributed by atoms with Gasteiger partial charge in [-0.05, 0) is 12.1 Å². The van der Waals surface area contributed by atoms with Crippen LogP contribution in [0.25, 0.3) is 0 Å². The number of fused-ring (bicyclic) bond motifs is 1. The first-order valence-electron chi connectivity index (χ1n) is 5.56. The van der Waals surface area contributed by atoms with Crippen molar-refractivity contribution >= 4 is 0 Å². The summed E-state index contributed by atoms with van der Waals surface area (Å²) in [6.07, 6.45) is 0.664. The summed E-state index contributed by atoms with van der Waals surface area (Å²) < 4.78 is 22.1. The molecule has 0 bridgehead atoms. The van der Waals surface area contributed by atoms with Crippen LogP contribution in [0.15, 0.2) is 18.2 Å². The van der Waals surface area contributed by atoms with E-state index in [1.54, 1.807) is 0 Å². The second kappa shape index (κ2) is 4.31. The third-order valence-electron chi connectivity index (χ3n) is 2.67. The van der Waals surface area contributed by atoms with Crippen molar-refractivity contribution in [3.8, 4) is 11.5 Å². The summed E-state index contributed by atoms with van der Waals surface area (Å²) in [5, 5.41) is 0. The number of benzene rings is 1. The Kier molecular flexibility index (Phi) is 2.68. The van der Waals surface area contributed by atoms with E-state index in [0.717, 1.165) is 23.5 Å². The van der Waals surface area contributed by atoms with Crippen LogP contribution in [-0.2, 0) is 9.47 Å². The van der Waals surface area contributed by atoms with Gasteiger partial charge in [-0.3, -0.25) is 0 Å². The van der Waals surface area contributed by atoms with Crippen molar-refractivity contribution in [1.29, 1.82) is 0 Å². The minimum atomic E-state index is -0.253. The smallest absolute Gasteiger partial charge is 0.184 e. The fourth-order valence-electron chi connectivity index (χ4n) is 1.88. The van der Waals surface area contributed by atoms with Gasteiger partial charge in [-0.25, -0.2) is 0 Å². The average Bonchev–Trinajstić information content (AvgIpc) is 2.74. The molecule has 0 amide bonds. The van der Waals surface area contributed by atoms with E-state index in [4.69, 9.17) is 18.9 Å². The first-order chi connectivity index (χ1) is 7.93. The number of ether oxygens (including phenoxy) is 4. The number of hydrogen-bond acceptors (Lipinski definition) is 4. The van der Waals surface area contributed by atoms with E-state index in [1.807, 2.05) is 18.2 Å². The van der Waals surface area contributed by atoms with E-state index in [2.05, 4.69) is 0 Å². The fraction of sp³-hybridized carbons (Fsp3) is 0.500. The van der Waals surface area contributed by atoms with Crippen LogP contribution in [-0.4, -0.2) is 26.4 Å². The van der Waals surface area contributed by atoms with Crippen molar-refractivity contribution in [3.63, 3.8) is 0 Å². The highest BCUT2D eigenvalue weighted by molar-refractivity contribution is 5.43. The molecule has 0 saturated carbocycles. The molecule has 16 heavy (non-hydrogen) atoms. The maximum absolute atomic E-state index is 5.61. The molecule has 0 atom stereocenters. The molecule has 0 unspecified atom stereocenters. The maximum atomic E-state index is 5.61. The summed E-state index contributed by atoms with van der Waals surface area (Å²) in [4.78, 5) is 0. The summed E-state index contributed by atoms with van der Waals surface area (Å²) in [7, 11) is 0. The summed E-state index contributed by atoms with van der Waals surface area (Å²) >= 11 is 0. The van der Waals surface area contributed by atoms with Crippen LogP contribution in [0.4, 0.5) is 0 Å². The predicted octanol–water partition coefficient (Wildman–Crippen LogP) is 1.89. The minimum Gasteiger partial charge on any atom is -0.490 e. The van der Waals surface area contributed by atoms with Crippen LogP contribution in [0.2, 0.25) is 0 Å². The number of hydrogen-bond donors (Lipinski definition) is 0. The zero-order valence-electron chi connectivity index (χ0n) is 8.98. The minimum absolute atomic E-state index is 0.253. The highest BCUT2D eigenvalue weighted by Gasteiger charge is 2.20. The summed E-state index contributed by atoms with van der Waals surface area (Å²) in [6.45, 7) is 2.71. The summed E-state index contributed by atoms with van der Waals surface area (Å²) in [5.41, 5.74) is 0.988. The van der Waals surface area contributed by atoms with Gasteiger partial charge in [0.2, 0.25) is 0 Å². The maximum Gasteiger partial charge on any atom is 0.184 e. The zero-order chi connectivity index (χ0) is 10.8. The van der Waals surface area contributed by atoms with Crippen LogP contribution in [0.3, 0.4) is 0 Å². The Labute approximate surface area is 94.1 Å². The molecule has 86 valence electrons. The molecule has 1 fully saturated rings. The Hall–Kier alpha value is -1.26. The largest absolute Gasteiger partial charge is 0.490 e. The molecular formula is C12H14O4. The molecule has 1 saturated heterocycles. The van der Waals surface area contributed by atoms with Crippen molar-refractivity contribution in [2.24, 2.45) is 0 Å². The van der Waals surface area contributed by atoms with E-state index >= 15 is 0 Å². The van der Waals surface area contributed by atoms with Gasteiger partial charge in [0.05, 0.1) is 26.4 Å². The predicted molar refractivity (Wildman–Crippen MR) is 56.7 cm³/mol. The normalized spacial score (nSPS) is 20.8. The highest BCUT2D eigenvalue weighted by atomic mass is 16.7. The molecule has 3 rings (SSSR count). The molecule has 4 nitrogen and oxygen atoms in total. The lowest BCUT2D eigenvalue weighted by Gasteiger charge is -2.12. The van der Waals surface area contributed by atoms with Gasteiger partial charge < -0.3 is 18.9 Å². The Balaban J connectivity index is 1.88. The molecule has 0 aliphatic carbocycles. The molecule has 2 heterocycles. The van der Waals surface area contributed by atoms with Crippen molar-refractivity contribution in [3.05, 3.63) is 23.8 Å². The van der Waals surface area contributed by atoms with E-state index in [9.17, 15) is 0 Å². The van der Waals surface area contributed by atoms with Crippen molar-refractivity contribution in [2.45, 2.75) is 12.7 Å². The molecule has 1 aromatic carbocycles. The van der Waals surface area contributed by atoms with Gasteiger partial charge >= 0.3 is 0 Å². The molecule has 4 heteroatoms. The number of rotatable bonds is 1.